The van der Waals surface area contributed by atoms with Gasteiger partial charge in [-0.2, -0.15) is 0 Å². The van der Waals surface area contributed by atoms with E-state index in [9.17, 15) is 9.59 Å². The van der Waals surface area contributed by atoms with Crippen LogP contribution in [0.15, 0.2) is 24.3 Å². The van der Waals surface area contributed by atoms with Gasteiger partial charge < -0.3 is 14.3 Å². The molecule has 0 aromatic heterocycles. The highest BCUT2D eigenvalue weighted by atomic mass is 16.6. The fraction of sp³-hybridized carbons (Fsp3) is 0.500. The van der Waals surface area contributed by atoms with Gasteiger partial charge in [-0.1, -0.05) is 18.2 Å². The number of methoxy groups -OCH3 is 1. The molecule has 0 radical (unpaired) electrons. The van der Waals surface area contributed by atoms with E-state index in [-0.39, 0.29) is 0 Å². The van der Waals surface area contributed by atoms with Crippen molar-refractivity contribution in [1.29, 1.82) is 0 Å². The van der Waals surface area contributed by atoms with Crippen LogP contribution in [0.3, 0.4) is 0 Å². The van der Waals surface area contributed by atoms with Gasteiger partial charge in [0.15, 0.2) is 0 Å². The quantitative estimate of drug-likeness (QED) is 0.782. The maximum atomic E-state index is 12.3. The third-order valence-corrected chi connectivity index (χ3v) is 2.89. The number of hydrogen-bond acceptors (Lipinski definition) is 4. The lowest BCUT2D eigenvalue weighted by molar-refractivity contribution is -0.112. The van der Waals surface area contributed by atoms with Gasteiger partial charge in [-0.05, 0) is 33.8 Å². The van der Waals surface area contributed by atoms with Crippen LogP contribution in [0.5, 0.6) is 5.75 Å². The van der Waals surface area contributed by atoms with Crippen molar-refractivity contribution in [1.82, 2.24) is 4.90 Å². The molecule has 5 nitrogen and oxygen atoms in total. The number of likely N-dealkylation sites (N-methyl/N-ethyl adjacent to an activating group) is 1. The summed E-state index contributed by atoms with van der Waals surface area (Å²) in [7, 11) is 1.53. The van der Waals surface area contributed by atoms with Crippen LogP contribution in [0.2, 0.25) is 0 Å². The van der Waals surface area contributed by atoms with Gasteiger partial charge in [0.2, 0.25) is 0 Å². The van der Waals surface area contributed by atoms with Crippen molar-refractivity contribution >= 4 is 12.4 Å². The summed E-state index contributed by atoms with van der Waals surface area (Å²) in [6, 6.07) is 6.41. The van der Waals surface area contributed by atoms with Crippen molar-refractivity contribution < 1.29 is 19.1 Å². The first-order valence-corrected chi connectivity index (χ1v) is 6.91. The summed E-state index contributed by atoms with van der Waals surface area (Å²) in [4.78, 5) is 25.2. The molecule has 1 aromatic carbocycles. The third-order valence-electron chi connectivity index (χ3n) is 2.89. The lowest BCUT2D eigenvalue weighted by atomic mass is 10.1. The Kier molecular flexibility index (Phi) is 5.76. The van der Waals surface area contributed by atoms with Crippen LogP contribution >= 0.6 is 0 Å². The molecule has 116 valence electrons. The molecule has 0 saturated heterocycles. The maximum Gasteiger partial charge on any atom is 0.411 e. The molecule has 5 heteroatoms. The summed E-state index contributed by atoms with van der Waals surface area (Å²) in [5.41, 5.74) is 0.0290. The van der Waals surface area contributed by atoms with E-state index < -0.39 is 17.7 Å². The summed E-state index contributed by atoms with van der Waals surface area (Å²) >= 11 is 0. The lowest BCUT2D eigenvalue weighted by Gasteiger charge is -2.30. The molecule has 0 spiro atoms. The molecule has 21 heavy (non-hydrogen) atoms. The van der Waals surface area contributed by atoms with Crippen molar-refractivity contribution in [3.8, 4) is 5.75 Å². The number of ether oxygens (including phenoxy) is 2. The van der Waals surface area contributed by atoms with Gasteiger partial charge in [-0.15, -0.1) is 0 Å². The zero-order valence-corrected chi connectivity index (χ0v) is 13.3. The highest BCUT2D eigenvalue weighted by molar-refractivity contribution is 5.75. The molecule has 0 heterocycles. The Balaban J connectivity index is 3.10. The molecule has 0 N–H and O–H groups in total. The molecule has 1 unspecified atom stereocenters. The molecule has 1 aromatic rings. The largest absolute Gasteiger partial charge is 0.496 e. The second-order valence-corrected chi connectivity index (χ2v) is 5.59. The van der Waals surface area contributed by atoms with Crippen molar-refractivity contribution in [2.45, 2.75) is 39.3 Å². The Hall–Kier alpha value is -2.04. The number of para-hydroxylation sites is 1. The Morgan fingerprint density at radius 3 is 2.43 bits per heavy atom. The topological polar surface area (TPSA) is 55.8 Å². The first-order valence-electron chi connectivity index (χ1n) is 6.91. The third kappa shape index (κ3) is 4.48. The number of rotatable bonds is 5. The molecule has 0 saturated carbocycles. The first kappa shape index (κ1) is 17.0. The summed E-state index contributed by atoms with van der Waals surface area (Å²) in [6.07, 6.45) is 0.207. The van der Waals surface area contributed by atoms with E-state index in [1.54, 1.807) is 45.9 Å². The van der Waals surface area contributed by atoms with Crippen molar-refractivity contribution in [2.24, 2.45) is 0 Å². The van der Waals surface area contributed by atoms with Gasteiger partial charge in [0.25, 0.3) is 0 Å². The van der Waals surface area contributed by atoms with Crippen LogP contribution < -0.4 is 4.74 Å². The predicted molar refractivity (Wildman–Crippen MR) is 80.4 cm³/mol. The summed E-state index contributed by atoms with van der Waals surface area (Å²) < 4.78 is 10.6. The van der Waals surface area contributed by atoms with Gasteiger partial charge in [-0.3, -0.25) is 4.90 Å². The van der Waals surface area contributed by atoms with Crippen molar-refractivity contribution in [2.75, 3.05) is 13.7 Å². The molecule has 1 rings (SSSR count). The van der Waals surface area contributed by atoms with Gasteiger partial charge in [-0.25, -0.2) is 4.79 Å². The average Bonchev–Trinajstić information content (AvgIpc) is 2.42. The molecular weight excluding hydrogens is 270 g/mol. The normalized spacial score (nSPS) is 12.4. The van der Waals surface area contributed by atoms with E-state index in [0.29, 0.717) is 17.9 Å². The van der Waals surface area contributed by atoms with Crippen LogP contribution in [0.1, 0.15) is 39.3 Å². The molecular formula is C16H23NO4. The van der Waals surface area contributed by atoms with E-state index in [1.807, 2.05) is 6.07 Å². The van der Waals surface area contributed by atoms with E-state index in [2.05, 4.69) is 0 Å². The molecule has 0 aliphatic rings. The van der Waals surface area contributed by atoms with Gasteiger partial charge in [0.05, 0.1) is 7.11 Å². The average molecular weight is 293 g/mol. The number of carbonyl (C=O) groups excluding carboxylic acids is 2. The predicted octanol–water partition coefficient (Wildman–Crippen LogP) is 3.19. The summed E-state index contributed by atoms with van der Waals surface area (Å²) in [6.45, 7) is 7.53. The second kappa shape index (κ2) is 7.11. The second-order valence-electron chi connectivity index (χ2n) is 5.59. The molecule has 0 bridgehead atoms. The number of benzene rings is 1. The van der Waals surface area contributed by atoms with E-state index in [4.69, 9.17) is 9.47 Å². The molecule has 1 amide bonds. The Morgan fingerprint density at radius 2 is 1.95 bits per heavy atom. The molecule has 0 aliphatic carbocycles. The van der Waals surface area contributed by atoms with Gasteiger partial charge >= 0.3 is 6.09 Å². The van der Waals surface area contributed by atoms with E-state index in [0.717, 1.165) is 6.29 Å². The fourth-order valence-corrected chi connectivity index (χ4v) is 1.99. The SMILES string of the molecule is CCN(C(=O)OC(C)(C)C)C(C=O)c1ccccc1OC. The van der Waals surface area contributed by atoms with E-state index >= 15 is 0 Å². The zero-order valence-electron chi connectivity index (χ0n) is 13.3. The van der Waals surface area contributed by atoms with E-state index in [1.165, 1.54) is 12.0 Å². The highest BCUT2D eigenvalue weighted by Gasteiger charge is 2.29. The van der Waals surface area contributed by atoms with Crippen molar-refractivity contribution in [3.05, 3.63) is 29.8 Å². The monoisotopic (exact) mass is 293 g/mol. The van der Waals surface area contributed by atoms with Gasteiger partial charge in [0.1, 0.15) is 23.7 Å². The molecule has 1 atom stereocenters. The summed E-state index contributed by atoms with van der Waals surface area (Å²) in [5.74, 6) is 0.566. The number of carbonyl (C=O) groups is 2. The van der Waals surface area contributed by atoms with Crippen molar-refractivity contribution in [3.63, 3.8) is 0 Å². The molecule has 0 fully saturated rings. The fourth-order valence-electron chi connectivity index (χ4n) is 1.99. The zero-order chi connectivity index (χ0) is 16.0. The minimum Gasteiger partial charge on any atom is -0.496 e. The van der Waals surface area contributed by atoms with Crippen LogP contribution in [0, 0.1) is 0 Å². The smallest absolute Gasteiger partial charge is 0.411 e. The van der Waals surface area contributed by atoms with Gasteiger partial charge in [0, 0.05) is 12.1 Å². The minimum atomic E-state index is -0.735. The minimum absolute atomic E-state index is 0.358. The Morgan fingerprint density at radius 1 is 1.33 bits per heavy atom. The van der Waals surface area contributed by atoms with Crippen LogP contribution in [0.25, 0.3) is 0 Å². The molecule has 0 aliphatic heterocycles. The van der Waals surface area contributed by atoms with Crippen LogP contribution in [0.4, 0.5) is 4.79 Å². The van der Waals surface area contributed by atoms with Crippen LogP contribution in [-0.4, -0.2) is 36.5 Å². The number of amides is 1. The van der Waals surface area contributed by atoms with Crippen LogP contribution in [-0.2, 0) is 9.53 Å². The summed E-state index contributed by atoms with van der Waals surface area (Å²) in [5, 5.41) is 0. The highest BCUT2D eigenvalue weighted by Crippen LogP contribution is 2.28. The standard InChI is InChI=1S/C16H23NO4/c1-6-17(15(19)21-16(2,3)4)13(11-18)12-9-7-8-10-14(12)20-5/h7-11,13H,6H2,1-5H3. The number of nitrogens with zero attached hydrogens (tertiary/aromatic N) is 1. The number of hydrogen-bond donors (Lipinski definition) is 0. The number of aldehydes is 1. The Labute approximate surface area is 125 Å². The first-order chi connectivity index (χ1) is 9.84. The maximum absolute atomic E-state index is 12.3. The lowest BCUT2D eigenvalue weighted by Crippen LogP contribution is -2.39. The Bertz CT molecular complexity index is 493.